The first kappa shape index (κ1) is 12.0. The number of carbonyl (C=O) groups is 1. The van der Waals surface area contributed by atoms with E-state index in [1.54, 1.807) is 0 Å². The third-order valence-electron chi connectivity index (χ3n) is 2.73. The molecule has 0 spiro atoms. The summed E-state index contributed by atoms with van der Waals surface area (Å²) in [5, 5.41) is 2.67. The fraction of sp³-hybridized carbons (Fsp3) is 0.500. The first-order chi connectivity index (χ1) is 8.24. The molecule has 0 saturated carbocycles. The van der Waals surface area contributed by atoms with Gasteiger partial charge >= 0.3 is 0 Å². The average molecular weight is 238 g/mol. The Kier molecular flexibility index (Phi) is 4.03. The van der Waals surface area contributed by atoms with Gasteiger partial charge in [0, 0.05) is 13.0 Å². The Morgan fingerprint density at radius 2 is 2.47 bits per heavy atom. The summed E-state index contributed by atoms with van der Waals surface area (Å²) in [5.41, 5.74) is 0.517. The Morgan fingerprint density at radius 1 is 1.59 bits per heavy atom. The van der Waals surface area contributed by atoms with Crippen molar-refractivity contribution in [2.75, 3.05) is 11.9 Å². The molecule has 1 aromatic heterocycles. The van der Waals surface area contributed by atoms with Crippen LogP contribution in [-0.2, 0) is 9.53 Å². The van der Waals surface area contributed by atoms with Gasteiger partial charge in [-0.3, -0.25) is 4.79 Å². The van der Waals surface area contributed by atoms with Gasteiger partial charge in [0.15, 0.2) is 0 Å². The van der Waals surface area contributed by atoms with E-state index in [-0.39, 0.29) is 12.0 Å². The van der Waals surface area contributed by atoms with Crippen LogP contribution >= 0.6 is 0 Å². The predicted molar refractivity (Wildman–Crippen MR) is 61.0 cm³/mol. The van der Waals surface area contributed by atoms with Gasteiger partial charge in [-0.25, -0.2) is 4.98 Å². The minimum Gasteiger partial charge on any atom is -0.378 e. The smallest absolute Gasteiger partial charge is 0.224 e. The van der Waals surface area contributed by atoms with Crippen LogP contribution in [0, 0.1) is 5.95 Å². The molecule has 1 amide bonds. The van der Waals surface area contributed by atoms with Crippen molar-refractivity contribution >= 4 is 11.6 Å². The molecule has 4 nitrogen and oxygen atoms in total. The Balaban J connectivity index is 1.74. The zero-order valence-electron chi connectivity index (χ0n) is 9.49. The predicted octanol–water partition coefficient (Wildman–Crippen LogP) is 2.12. The minimum absolute atomic E-state index is 0.0890. The molecular formula is C12H15FN2O2. The van der Waals surface area contributed by atoms with Crippen LogP contribution in [0.2, 0.25) is 0 Å². The van der Waals surface area contributed by atoms with Crippen LogP contribution in [0.5, 0.6) is 0 Å². The summed E-state index contributed by atoms with van der Waals surface area (Å²) in [6, 6.07) is 2.71. The van der Waals surface area contributed by atoms with Crippen molar-refractivity contribution in [3.8, 4) is 0 Å². The second-order valence-corrected chi connectivity index (χ2v) is 4.09. The molecule has 2 heterocycles. The molecule has 1 aromatic rings. The van der Waals surface area contributed by atoms with Crippen LogP contribution in [0.4, 0.5) is 10.1 Å². The van der Waals surface area contributed by atoms with Gasteiger partial charge in [-0.2, -0.15) is 4.39 Å². The maximum absolute atomic E-state index is 12.5. The Morgan fingerprint density at radius 3 is 3.12 bits per heavy atom. The molecule has 0 radical (unpaired) electrons. The largest absolute Gasteiger partial charge is 0.378 e. The van der Waals surface area contributed by atoms with Gasteiger partial charge in [0.25, 0.3) is 0 Å². The zero-order valence-corrected chi connectivity index (χ0v) is 9.49. The second kappa shape index (κ2) is 5.72. The number of amides is 1. The molecule has 1 aliphatic rings. The van der Waals surface area contributed by atoms with Crippen LogP contribution in [0.15, 0.2) is 18.3 Å². The highest BCUT2D eigenvalue weighted by Crippen LogP contribution is 2.17. The fourth-order valence-corrected chi connectivity index (χ4v) is 1.84. The molecule has 1 aliphatic heterocycles. The number of pyridine rings is 1. The molecule has 0 aromatic carbocycles. The molecule has 17 heavy (non-hydrogen) atoms. The normalized spacial score (nSPS) is 19.2. The van der Waals surface area contributed by atoms with Gasteiger partial charge in [-0.05, 0) is 31.4 Å². The zero-order chi connectivity index (χ0) is 12.1. The van der Waals surface area contributed by atoms with E-state index in [2.05, 4.69) is 10.3 Å². The van der Waals surface area contributed by atoms with Crippen molar-refractivity contribution in [2.45, 2.75) is 31.8 Å². The highest BCUT2D eigenvalue weighted by molar-refractivity contribution is 5.90. The molecule has 5 heteroatoms. The number of aromatic nitrogens is 1. The molecule has 1 saturated heterocycles. The molecule has 1 atom stereocenters. The molecule has 92 valence electrons. The molecular weight excluding hydrogens is 223 g/mol. The van der Waals surface area contributed by atoms with Crippen LogP contribution in [-0.4, -0.2) is 23.6 Å². The monoisotopic (exact) mass is 238 g/mol. The molecule has 2 rings (SSSR count). The van der Waals surface area contributed by atoms with E-state index in [4.69, 9.17) is 4.74 Å². The third-order valence-corrected chi connectivity index (χ3v) is 2.73. The quantitative estimate of drug-likeness (QED) is 0.817. The lowest BCUT2D eigenvalue weighted by molar-refractivity contribution is -0.116. The summed E-state index contributed by atoms with van der Waals surface area (Å²) in [4.78, 5) is 15.0. The van der Waals surface area contributed by atoms with Gasteiger partial charge < -0.3 is 10.1 Å². The van der Waals surface area contributed by atoms with Gasteiger partial charge in [-0.15, -0.1) is 0 Å². The van der Waals surface area contributed by atoms with E-state index < -0.39 is 5.95 Å². The number of halogens is 1. The summed E-state index contributed by atoms with van der Waals surface area (Å²) >= 11 is 0. The Bertz CT molecular complexity index is 375. The third kappa shape index (κ3) is 3.78. The van der Waals surface area contributed by atoms with Crippen LogP contribution in [0.3, 0.4) is 0 Å². The van der Waals surface area contributed by atoms with Crippen molar-refractivity contribution in [3.63, 3.8) is 0 Å². The fourth-order valence-electron chi connectivity index (χ4n) is 1.84. The maximum atomic E-state index is 12.5. The molecule has 1 fully saturated rings. The van der Waals surface area contributed by atoms with Crippen LogP contribution in [0.25, 0.3) is 0 Å². The number of anilines is 1. The number of nitrogens with one attached hydrogen (secondary N) is 1. The highest BCUT2D eigenvalue weighted by Gasteiger charge is 2.16. The number of hydrogen-bond donors (Lipinski definition) is 1. The van der Waals surface area contributed by atoms with E-state index in [1.807, 2.05) is 0 Å². The SMILES string of the molecule is O=C(CCC1CCCO1)Nc1ccc(F)nc1. The van der Waals surface area contributed by atoms with E-state index in [1.165, 1.54) is 18.3 Å². The van der Waals surface area contributed by atoms with Crippen molar-refractivity contribution in [3.05, 3.63) is 24.3 Å². The van der Waals surface area contributed by atoms with E-state index in [9.17, 15) is 9.18 Å². The lowest BCUT2D eigenvalue weighted by atomic mass is 10.1. The topological polar surface area (TPSA) is 51.2 Å². The molecule has 1 unspecified atom stereocenters. The summed E-state index contributed by atoms with van der Waals surface area (Å²) in [6.07, 6.45) is 4.79. The molecule has 1 N–H and O–H groups in total. The Hall–Kier alpha value is -1.49. The Labute approximate surface area is 99.2 Å². The lowest BCUT2D eigenvalue weighted by Gasteiger charge is -2.09. The van der Waals surface area contributed by atoms with Crippen molar-refractivity contribution < 1.29 is 13.9 Å². The first-order valence-corrected chi connectivity index (χ1v) is 5.77. The number of nitrogens with zero attached hydrogens (tertiary/aromatic N) is 1. The van der Waals surface area contributed by atoms with Gasteiger partial charge in [0.1, 0.15) is 0 Å². The molecule has 0 aliphatic carbocycles. The van der Waals surface area contributed by atoms with Crippen molar-refractivity contribution in [1.29, 1.82) is 0 Å². The number of rotatable bonds is 4. The van der Waals surface area contributed by atoms with Gasteiger partial charge in [0.2, 0.25) is 11.9 Å². The summed E-state index contributed by atoms with van der Waals surface area (Å²) in [6.45, 7) is 0.800. The summed E-state index contributed by atoms with van der Waals surface area (Å²) in [5.74, 6) is -0.642. The molecule has 0 bridgehead atoms. The number of carbonyl (C=O) groups excluding carboxylic acids is 1. The maximum Gasteiger partial charge on any atom is 0.224 e. The average Bonchev–Trinajstić information content (AvgIpc) is 2.83. The second-order valence-electron chi connectivity index (χ2n) is 4.09. The van der Waals surface area contributed by atoms with Gasteiger partial charge in [0.05, 0.1) is 18.0 Å². The van der Waals surface area contributed by atoms with E-state index in [0.717, 1.165) is 25.9 Å². The van der Waals surface area contributed by atoms with E-state index in [0.29, 0.717) is 12.1 Å². The van der Waals surface area contributed by atoms with Crippen molar-refractivity contribution in [2.24, 2.45) is 0 Å². The number of ether oxygens (including phenoxy) is 1. The first-order valence-electron chi connectivity index (χ1n) is 5.77. The van der Waals surface area contributed by atoms with Crippen LogP contribution in [0.1, 0.15) is 25.7 Å². The lowest BCUT2D eigenvalue weighted by Crippen LogP contribution is -2.15. The standard InChI is InChI=1S/C12H15FN2O2/c13-11-5-3-9(8-14-11)15-12(16)6-4-10-2-1-7-17-10/h3,5,8,10H,1-2,4,6-7H2,(H,15,16). The minimum atomic E-state index is -0.553. The van der Waals surface area contributed by atoms with Crippen LogP contribution < -0.4 is 5.32 Å². The summed E-state index contributed by atoms with van der Waals surface area (Å²) in [7, 11) is 0. The highest BCUT2D eigenvalue weighted by atomic mass is 19.1. The number of hydrogen-bond acceptors (Lipinski definition) is 3. The summed E-state index contributed by atoms with van der Waals surface area (Å²) < 4.78 is 18.0. The van der Waals surface area contributed by atoms with Gasteiger partial charge in [-0.1, -0.05) is 0 Å². The van der Waals surface area contributed by atoms with E-state index >= 15 is 0 Å². The van der Waals surface area contributed by atoms with Crippen molar-refractivity contribution in [1.82, 2.24) is 4.98 Å².